The molecule has 2 atom stereocenters. The fourth-order valence-electron chi connectivity index (χ4n) is 3.01. The molecule has 0 unspecified atom stereocenters. The van der Waals surface area contributed by atoms with Crippen molar-refractivity contribution < 1.29 is 19.4 Å². The van der Waals surface area contributed by atoms with Crippen LogP contribution in [0, 0.1) is 5.92 Å². The molecule has 1 aliphatic heterocycles. The van der Waals surface area contributed by atoms with Gasteiger partial charge in [0.2, 0.25) is 5.91 Å². The number of carbonyl (C=O) groups excluding carboxylic acids is 1. The standard InChI is InChI=1S/C18H24ClNO4/c1-2-3-4-9-24-12-17(21)20-10-15(16(11-20)18(22)23)13-5-7-14(19)8-6-13/h5-8,15-16H,2-4,9-12H2,1H3,(H,22,23)/t15-,16+/m0/s1. The predicted octanol–water partition coefficient (Wildman–Crippen LogP) is 3.17. The molecule has 1 aromatic carbocycles. The Morgan fingerprint density at radius 3 is 2.58 bits per heavy atom. The van der Waals surface area contributed by atoms with Crippen molar-refractivity contribution in [2.45, 2.75) is 32.1 Å². The van der Waals surface area contributed by atoms with E-state index in [9.17, 15) is 14.7 Å². The number of amides is 1. The van der Waals surface area contributed by atoms with E-state index in [1.165, 1.54) is 0 Å². The minimum absolute atomic E-state index is 0.0173. The predicted molar refractivity (Wildman–Crippen MR) is 92.2 cm³/mol. The average Bonchev–Trinajstić information content (AvgIpc) is 3.01. The molecule has 1 N–H and O–H groups in total. The van der Waals surface area contributed by atoms with Crippen molar-refractivity contribution in [2.75, 3.05) is 26.3 Å². The lowest BCUT2D eigenvalue weighted by atomic mass is 9.89. The van der Waals surface area contributed by atoms with Crippen LogP contribution in [0.25, 0.3) is 0 Å². The van der Waals surface area contributed by atoms with Crippen molar-refractivity contribution >= 4 is 23.5 Å². The molecular weight excluding hydrogens is 330 g/mol. The van der Waals surface area contributed by atoms with Gasteiger partial charge in [-0.2, -0.15) is 0 Å². The zero-order valence-electron chi connectivity index (χ0n) is 13.9. The summed E-state index contributed by atoms with van der Waals surface area (Å²) >= 11 is 5.89. The average molecular weight is 354 g/mol. The number of rotatable bonds is 8. The minimum atomic E-state index is -0.880. The molecule has 1 aromatic rings. The highest BCUT2D eigenvalue weighted by molar-refractivity contribution is 6.30. The Labute approximate surface area is 147 Å². The van der Waals surface area contributed by atoms with E-state index in [2.05, 4.69) is 6.92 Å². The lowest BCUT2D eigenvalue weighted by molar-refractivity contribution is -0.142. The zero-order valence-corrected chi connectivity index (χ0v) is 14.7. The number of hydrogen-bond acceptors (Lipinski definition) is 3. The van der Waals surface area contributed by atoms with E-state index in [0.29, 0.717) is 18.2 Å². The lowest BCUT2D eigenvalue weighted by Gasteiger charge is -2.16. The van der Waals surface area contributed by atoms with Gasteiger partial charge in [-0.05, 0) is 24.1 Å². The van der Waals surface area contributed by atoms with Crippen LogP contribution in [0.4, 0.5) is 0 Å². The number of nitrogens with zero attached hydrogens (tertiary/aromatic N) is 1. The first-order valence-electron chi connectivity index (χ1n) is 8.36. The molecule has 5 nitrogen and oxygen atoms in total. The summed E-state index contributed by atoms with van der Waals surface area (Å²) in [4.78, 5) is 25.4. The maximum atomic E-state index is 12.3. The van der Waals surface area contributed by atoms with Gasteiger partial charge in [-0.25, -0.2) is 0 Å². The smallest absolute Gasteiger partial charge is 0.308 e. The van der Waals surface area contributed by atoms with Crippen LogP contribution >= 0.6 is 11.6 Å². The minimum Gasteiger partial charge on any atom is -0.481 e. The van der Waals surface area contributed by atoms with E-state index in [1.54, 1.807) is 17.0 Å². The van der Waals surface area contributed by atoms with Crippen molar-refractivity contribution in [1.29, 1.82) is 0 Å². The molecular formula is C18H24ClNO4. The molecule has 24 heavy (non-hydrogen) atoms. The number of aliphatic carboxylic acids is 1. The Morgan fingerprint density at radius 1 is 1.25 bits per heavy atom. The number of hydrogen-bond donors (Lipinski definition) is 1. The van der Waals surface area contributed by atoms with E-state index in [1.807, 2.05) is 12.1 Å². The van der Waals surface area contributed by atoms with Gasteiger partial charge in [0.25, 0.3) is 0 Å². The van der Waals surface area contributed by atoms with Gasteiger partial charge >= 0.3 is 5.97 Å². The molecule has 1 aliphatic rings. The summed E-state index contributed by atoms with van der Waals surface area (Å²) in [5, 5.41) is 10.1. The first-order chi connectivity index (χ1) is 11.5. The fraction of sp³-hybridized carbons (Fsp3) is 0.556. The van der Waals surface area contributed by atoms with Crippen LogP contribution in [0.2, 0.25) is 5.02 Å². The van der Waals surface area contributed by atoms with E-state index >= 15 is 0 Å². The van der Waals surface area contributed by atoms with Crippen molar-refractivity contribution in [3.63, 3.8) is 0 Å². The van der Waals surface area contributed by atoms with Gasteiger partial charge < -0.3 is 14.7 Å². The number of unbranched alkanes of at least 4 members (excludes halogenated alkanes) is 2. The third kappa shape index (κ3) is 4.95. The van der Waals surface area contributed by atoms with Crippen LogP contribution in [0.3, 0.4) is 0 Å². The molecule has 1 heterocycles. The maximum Gasteiger partial charge on any atom is 0.308 e. The topological polar surface area (TPSA) is 66.8 Å². The molecule has 1 amide bonds. The van der Waals surface area contributed by atoms with Gasteiger partial charge in [0, 0.05) is 30.6 Å². The molecule has 2 rings (SSSR count). The highest BCUT2D eigenvalue weighted by atomic mass is 35.5. The van der Waals surface area contributed by atoms with Crippen molar-refractivity contribution in [1.82, 2.24) is 4.90 Å². The number of carbonyl (C=O) groups is 2. The van der Waals surface area contributed by atoms with Crippen LogP contribution in [-0.2, 0) is 14.3 Å². The number of carboxylic acid groups (broad SMARTS) is 1. The van der Waals surface area contributed by atoms with Gasteiger partial charge in [-0.3, -0.25) is 9.59 Å². The first-order valence-corrected chi connectivity index (χ1v) is 8.74. The molecule has 0 saturated carbocycles. The van der Waals surface area contributed by atoms with Crippen molar-refractivity contribution in [3.05, 3.63) is 34.9 Å². The fourth-order valence-corrected chi connectivity index (χ4v) is 3.14. The van der Waals surface area contributed by atoms with E-state index in [0.717, 1.165) is 24.8 Å². The van der Waals surface area contributed by atoms with Gasteiger partial charge in [0.15, 0.2) is 0 Å². The van der Waals surface area contributed by atoms with Gasteiger partial charge in [-0.1, -0.05) is 43.5 Å². The largest absolute Gasteiger partial charge is 0.481 e. The van der Waals surface area contributed by atoms with E-state index in [-0.39, 0.29) is 25.0 Å². The molecule has 0 bridgehead atoms. The molecule has 1 saturated heterocycles. The Balaban J connectivity index is 1.95. The summed E-state index contributed by atoms with van der Waals surface area (Å²) < 4.78 is 5.41. The first kappa shape index (κ1) is 18.7. The van der Waals surface area contributed by atoms with Crippen LogP contribution in [0.5, 0.6) is 0 Å². The molecule has 0 aliphatic carbocycles. The number of carboxylic acids is 1. The summed E-state index contributed by atoms with van der Waals surface area (Å²) in [6.07, 6.45) is 3.12. The molecule has 132 valence electrons. The number of benzene rings is 1. The summed E-state index contributed by atoms with van der Waals surface area (Å²) in [5.41, 5.74) is 0.894. The van der Waals surface area contributed by atoms with E-state index in [4.69, 9.17) is 16.3 Å². The SMILES string of the molecule is CCCCCOCC(=O)N1C[C@@H](C(=O)O)[C@H](c2ccc(Cl)cc2)C1. The maximum absolute atomic E-state index is 12.3. The van der Waals surface area contributed by atoms with Crippen LogP contribution < -0.4 is 0 Å². The highest BCUT2D eigenvalue weighted by Gasteiger charge is 2.40. The number of halogens is 1. The van der Waals surface area contributed by atoms with Gasteiger partial charge in [0.05, 0.1) is 5.92 Å². The van der Waals surface area contributed by atoms with Gasteiger partial charge in [-0.15, -0.1) is 0 Å². The Kier molecular flexibility index (Phi) is 7.06. The lowest BCUT2D eigenvalue weighted by Crippen LogP contribution is -2.33. The molecule has 6 heteroatoms. The second-order valence-corrected chi connectivity index (χ2v) is 6.60. The number of ether oxygens (including phenoxy) is 1. The van der Waals surface area contributed by atoms with Crippen LogP contribution in [-0.4, -0.2) is 48.2 Å². The van der Waals surface area contributed by atoms with E-state index < -0.39 is 11.9 Å². The summed E-state index contributed by atoms with van der Waals surface area (Å²) in [6.45, 7) is 3.31. The highest BCUT2D eigenvalue weighted by Crippen LogP contribution is 2.33. The van der Waals surface area contributed by atoms with Gasteiger partial charge in [0.1, 0.15) is 6.61 Å². The summed E-state index contributed by atoms with van der Waals surface area (Å²) in [7, 11) is 0. The second-order valence-electron chi connectivity index (χ2n) is 6.16. The quantitative estimate of drug-likeness (QED) is 0.729. The Morgan fingerprint density at radius 2 is 1.96 bits per heavy atom. The summed E-state index contributed by atoms with van der Waals surface area (Å²) in [6, 6.07) is 7.16. The third-order valence-electron chi connectivity index (χ3n) is 4.41. The Hall–Kier alpha value is -1.59. The number of likely N-dealkylation sites (tertiary alicyclic amines) is 1. The monoisotopic (exact) mass is 353 g/mol. The van der Waals surface area contributed by atoms with Crippen molar-refractivity contribution in [2.24, 2.45) is 5.92 Å². The molecule has 0 aromatic heterocycles. The molecule has 0 radical (unpaired) electrons. The second kappa shape index (κ2) is 9.04. The van der Waals surface area contributed by atoms with Crippen LogP contribution in [0.1, 0.15) is 37.7 Å². The molecule has 0 spiro atoms. The van der Waals surface area contributed by atoms with Crippen molar-refractivity contribution in [3.8, 4) is 0 Å². The molecule has 1 fully saturated rings. The zero-order chi connectivity index (χ0) is 17.5. The summed E-state index contributed by atoms with van der Waals surface area (Å²) in [5.74, 6) is -1.85. The normalized spacial score (nSPS) is 20.3. The van der Waals surface area contributed by atoms with Crippen LogP contribution in [0.15, 0.2) is 24.3 Å². The Bertz CT molecular complexity index is 561. The third-order valence-corrected chi connectivity index (χ3v) is 4.66.